The molecule has 3 atom stereocenters. The van der Waals surface area contributed by atoms with E-state index in [1.807, 2.05) is 67.6 Å². The molecule has 3 aromatic heterocycles. The first-order chi connectivity index (χ1) is 31.2. The summed E-state index contributed by atoms with van der Waals surface area (Å²) in [6.45, 7) is 7.82. The van der Waals surface area contributed by atoms with Crippen LogP contribution in [0.1, 0.15) is 65.6 Å². The molecule has 0 bridgehead atoms. The van der Waals surface area contributed by atoms with Crippen LogP contribution >= 0.6 is 11.6 Å². The fourth-order valence-electron chi connectivity index (χ4n) is 9.84. The van der Waals surface area contributed by atoms with Gasteiger partial charge in [0.1, 0.15) is 53.4 Å². The normalized spacial score (nSPS) is 18.9. The molecule has 0 N–H and O–H groups in total. The highest BCUT2D eigenvalue weighted by molar-refractivity contribution is 6.38. The molecule has 0 aliphatic carbocycles. The summed E-state index contributed by atoms with van der Waals surface area (Å²) >= 11 is 7.25. The van der Waals surface area contributed by atoms with Crippen molar-refractivity contribution in [3.05, 3.63) is 117 Å². The van der Waals surface area contributed by atoms with E-state index in [0.29, 0.717) is 49.4 Å². The van der Waals surface area contributed by atoms with E-state index >= 15 is 0 Å². The van der Waals surface area contributed by atoms with Crippen LogP contribution in [0.5, 0.6) is 23.4 Å². The minimum absolute atomic E-state index is 0.0352. The molecule has 2 fully saturated rings. The van der Waals surface area contributed by atoms with Crippen LogP contribution in [0.25, 0.3) is 22.2 Å². The Hall–Kier alpha value is -5.93. The van der Waals surface area contributed by atoms with Gasteiger partial charge in [-0.05, 0) is 93.2 Å². The number of fused-ring (bicyclic) bond motifs is 1. The molecule has 2 saturated heterocycles. The van der Waals surface area contributed by atoms with Gasteiger partial charge in [0.05, 0.1) is 48.6 Å². The smallest absolute Gasteiger partial charge is 0.417 e. The molecule has 6 heterocycles. The Kier molecular flexibility index (Phi) is 12.1. The number of aromatic nitrogens is 4. The predicted molar refractivity (Wildman–Crippen MR) is 242 cm³/mol. The molecule has 0 spiro atoms. The van der Waals surface area contributed by atoms with Crippen LogP contribution in [0, 0.1) is 13.8 Å². The molecule has 16 heteroatoms. The maximum absolute atomic E-state index is 14.9. The Labute approximate surface area is 380 Å². The molecule has 65 heavy (non-hydrogen) atoms. The minimum atomic E-state index is -4.71. The van der Waals surface area contributed by atoms with Crippen molar-refractivity contribution in [1.82, 2.24) is 24.8 Å². The zero-order valence-corrected chi connectivity index (χ0v) is 37.6. The number of ether oxygens (including phenoxy) is 4. The third kappa shape index (κ3) is 8.67. The molecule has 6 aromatic rings. The fraction of sp³-hybridized carbons (Fsp3) is 0.388. The first kappa shape index (κ1) is 44.3. The van der Waals surface area contributed by atoms with Crippen LogP contribution in [0.3, 0.4) is 0 Å². The number of hydrogen-bond acceptors (Lipinski definition) is 11. The molecule has 340 valence electrons. The summed E-state index contributed by atoms with van der Waals surface area (Å²) in [6, 6.07) is 22.2. The lowest BCUT2D eigenvalue weighted by Crippen LogP contribution is -2.43. The molecule has 0 saturated carbocycles. The Balaban J connectivity index is 1.17. The van der Waals surface area contributed by atoms with Gasteiger partial charge < -0.3 is 28.7 Å². The first-order valence-electron chi connectivity index (χ1n) is 21.7. The van der Waals surface area contributed by atoms with Crippen molar-refractivity contribution in [1.29, 1.82) is 0 Å². The lowest BCUT2D eigenvalue weighted by Gasteiger charge is -2.34. The van der Waals surface area contributed by atoms with Crippen molar-refractivity contribution >= 4 is 34.1 Å². The van der Waals surface area contributed by atoms with E-state index in [9.17, 15) is 17.6 Å². The van der Waals surface area contributed by atoms with Crippen molar-refractivity contribution in [2.24, 2.45) is 0 Å². The van der Waals surface area contributed by atoms with Gasteiger partial charge >= 0.3 is 12.2 Å². The van der Waals surface area contributed by atoms with E-state index in [-0.39, 0.29) is 52.5 Å². The molecule has 3 aliphatic rings. The van der Waals surface area contributed by atoms with Gasteiger partial charge in [-0.15, -0.1) is 0 Å². The number of alkyl halides is 4. The van der Waals surface area contributed by atoms with Crippen molar-refractivity contribution in [3.8, 4) is 34.6 Å². The molecule has 11 nitrogen and oxygen atoms in total. The number of aryl methyl sites for hydroxylation is 2. The number of anilines is 2. The third-order valence-electron chi connectivity index (χ3n) is 12.9. The molecule has 0 amide bonds. The number of hydrogen-bond donors (Lipinski definition) is 0. The van der Waals surface area contributed by atoms with Crippen LogP contribution in [-0.2, 0) is 19.3 Å². The van der Waals surface area contributed by atoms with Gasteiger partial charge in [0.25, 0.3) is 0 Å². The number of pyridine rings is 2. The van der Waals surface area contributed by atoms with Gasteiger partial charge in [-0.25, -0.2) is 14.4 Å². The van der Waals surface area contributed by atoms with E-state index in [0.717, 1.165) is 53.4 Å². The Morgan fingerprint density at radius 2 is 1.63 bits per heavy atom. The van der Waals surface area contributed by atoms with E-state index in [1.54, 1.807) is 27.3 Å². The van der Waals surface area contributed by atoms with Crippen molar-refractivity contribution in [2.75, 3.05) is 56.9 Å². The quantitative estimate of drug-likeness (QED) is 0.104. The highest BCUT2D eigenvalue weighted by Gasteiger charge is 2.49. The lowest BCUT2D eigenvalue weighted by atomic mass is 9.95. The Morgan fingerprint density at radius 3 is 2.29 bits per heavy atom. The van der Waals surface area contributed by atoms with Gasteiger partial charge in [-0.1, -0.05) is 53.6 Å². The number of methoxy groups -OCH3 is 2. The molecule has 3 aromatic carbocycles. The van der Waals surface area contributed by atoms with Crippen LogP contribution < -0.4 is 28.7 Å². The van der Waals surface area contributed by atoms with Gasteiger partial charge in [0.2, 0.25) is 5.88 Å². The second kappa shape index (κ2) is 17.8. The molecular weight excluding hydrogens is 862 g/mol. The summed E-state index contributed by atoms with van der Waals surface area (Å²) < 4.78 is 83.1. The van der Waals surface area contributed by atoms with Crippen LogP contribution in [0.2, 0.25) is 5.02 Å². The van der Waals surface area contributed by atoms with E-state index in [4.69, 9.17) is 50.5 Å². The average molecular weight is 912 g/mol. The van der Waals surface area contributed by atoms with Gasteiger partial charge in [0.15, 0.2) is 0 Å². The SMILES string of the molecule is COc1ccc(CN(Cc2ccc(OC)cc2)c2ncccc2[C@@H](C)N2CCOc3nc(-c4cc(C)cc(C)c4C(F)(F)F)c(Cl)c4nc(OC[C@@]56CCCN5C[C@H](F)C6)nc2c34)cc1. The van der Waals surface area contributed by atoms with E-state index < -0.39 is 29.5 Å². The number of benzene rings is 3. The average Bonchev–Trinajstić information content (AvgIpc) is 3.75. The maximum atomic E-state index is 14.9. The minimum Gasteiger partial charge on any atom is -0.497 e. The summed E-state index contributed by atoms with van der Waals surface area (Å²) in [5.41, 5.74) is 2.03. The summed E-state index contributed by atoms with van der Waals surface area (Å²) in [5.74, 6) is 2.65. The first-order valence-corrected chi connectivity index (χ1v) is 22.1. The second-order valence-corrected chi connectivity index (χ2v) is 17.6. The van der Waals surface area contributed by atoms with Crippen molar-refractivity contribution in [3.63, 3.8) is 0 Å². The fourth-order valence-corrected chi connectivity index (χ4v) is 10.1. The third-order valence-corrected chi connectivity index (χ3v) is 13.3. The Morgan fingerprint density at radius 1 is 0.938 bits per heavy atom. The van der Waals surface area contributed by atoms with Crippen LogP contribution in [-0.4, -0.2) is 83.6 Å². The van der Waals surface area contributed by atoms with Crippen molar-refractivity contribution < 1.29 is 36.5 Å². The zero-order chi connectivity index (χ0) is 45.6. The Bertz CT molecular complexity index is 2660. The molecule has 0 unspecified atom stereocenters. The molecule has 0 radical (unpaired) electrons. The lowest BCUT2D eigenvalue weighted by molar-refractivity contribution is -0.137. The number of nitrogens with zero attached hydrogens (tertiary/aromatic N) is 7. The predicted octanol–water partition coefficient (Wildman–Crippen LogP) is 10.5. The standard InChI is InChI=1S/C49H50ClF4N7O4/c1-29-22-30(2)40(49(52,53)54)38(23-29)42-41(50)43-39-45(58-47(57-43)65-28-48-17-7-19-60(48)27-34(51)24-48)61(20-21-64-46(39)56-42)31(3)37-8-6-18-55-44(37)59(25-32-9-13-35(62-4)14-10-32)26-33-11-15-36(63-5)16-12-33/h6,8-16,18,22-23,31,34H,7,17,19-21,24-28H2,1-5H3/t31-,34-,48+/m1/s1. The summed E-state index contributed by atoms with van der Waals surface area (Å²) in [6.07, 6.45) is -1.94. The van der Waals surface area contributed by atoms with E-state index in [2.05, 4.69) is 14.7 Å². The number of rotatable bonds is 13. The summed E-state index contributed by atoms with van der Waals surface area (Å²) in [7, 11) is 3.27. The highest BCUT2D eigenvalue weighted by Crippen LogP contribution is 2.48. The van der Waals surface area contributed by atoms with Gasteiger partial charge in [-0.3, -0.25) is 4.90 Å². The highest BCUT2D eigenvalue weighted by atomic mass is 35.5. The topological polar surface area (TPSA) is 98.2 Å². The largest absolute Gasteiger partial charge is 0.497 e. The molecule has 9 rings (SSSR count). The van der Waals surface area contributed by atoms with E-state index in [1.165, 1.54) is 19.1 Å². The number of halogens is 5. The summed E-state index contributed by atoms with van der Waals surface area (Å²) in [5, 5.41) is 0.223. The van der Waals surface area contributed by atoms with Crippen LogP contribution in [0.15, 0.2) is 79.0 Å². The van der Waals surface area contributed by atoms with Gasteiger partial charge in [-0.2, -0.15) is 23.1 Å². The molecular formula is C49H50ClF4N7O4. The maximum Gasteiger partial charge on any atom is 0.417 e. The monoisotopic (exact) mass is 911 g/mol. The summed E-state index contributed by atoms with van der Waals surface area (Å²) in [4.78, 5) is 26.0. The van der Waals surface area contributed by atoms with Crippen LogP contribution in [0.4, 0.5) is 29.2 Å². The van der Waals surface area contributed by atoms with Crippen molar-refractivity contribution in [2.45, 2.75) is 77.1 Å². The zero-order valence-electron chi connectivity index (χ0n) is 36.9. The second-order valence-electron chi connectivity index (χ2n) is 17.2. The van der Waals surface area contributed by atoms with Gasteiger partial charge in [0, 0.05) is 43.4 Å². The molecule has 3 aliphatic heterocycles.